The Hall–Kier alpha value is -3.72. The Balaban J connectivity index is 1.44. The number of para-hydroxylation sites is 1. The summed E-state index contributed by atoms with van der Waals surface area (Å²) < 4.78 is 11.1. The highest BCUT2D eigenvalue weighted by Gasteiger charge is 2.43. The molecule has 0 radical (unpaired) electrons. The Labute approximate surface area is 219 Å². The zero-order chi connectivity index (χ0) is 25.9. The van der Waals surface area contributed by atoms with Gasteiger partial charge in [0.25, 0.3) is 11.6 Å². The molecule has 2 fully saturated rings. The van der Waals surface area contributed by atoms with Crippen LogP contribution in [0, 0.1) is 16.0 Å². The van der Waals surface area contributed by atoms with Crippen molar-refractivity contribution in [1.29, 1.82) is 0 Å². The zero-order valence-corrected chi connectivity index (χ0v) is 21.6. The number of nitrogens with zero attached hydrogens (tertiary/aromatic N) is 2. The number of nitro benzene ring substituents is 1. The maximum Gasteiger partial charge on any atom is 0.284 e. The largest absolute Gasteiger partial charge is 0.497 e. The molecule has 1 N–H and O–H groups in total. The SMILES string of the molecule is COc1ccc(-c2ccc(/C=C3\SC(Nc4ccccc4)N([C@H]4CCCC[C@H]4C)C3=O)o2)c([N+](=O)[O-])c1. The predicted molar refractivity (Wildman–Crippen MR) is 145 cm³/mol. The van der Waals surface area contributed by atoms with Gasteiger partial charge in [0, 0.05) is 17.8 Å². The molecule has 1 amide bonds. The summed E-state index contributed by atoms with van der Waals surface area (Å²) in [5.41, 5.74) is 0.962. The molecule has 1 aliphatic carbocycles. The third-order valence-electron chi connectivity index (χ3n) is 6.99. The number of benzene rings is 2. The van der Waals surface area contributed by atoms with E-state index in [1.165, 1.54) is 31.4 Å². The van der Waals surface area contributed by atoms with Gasteiger partial charge in [-0.15, -0.1) is 0 Å². The molecule has 37 heavy (non-hydrogen) atoms. The smallest absolute Gasteiger partial charge is 0.284 e. The molecule has 5 rings (SSSR count). The van der Waals surface area contributed by atoms with Crippen molar-refractivity contribution >= 4 is 35.1 Å². The Morgan fingerprint density at radius 2 is 1.92 bits per heavy atom. The van der Waals surface area contributed by atoms with Crippen LogP contribution in [0.4, 0.5) is 11.4 Å². The molecule has 1 unspecified atom stereocenters. The first-order valence-electron chi connectivity index (χ1n) is 12.4. The quantitative estimate of drug-likeness (QED) is 0.209. The lowest BCUT2D eigenvalue weighted by Gasteiger charge is -2.39. The highest BCUT2D eigenvalue weighted by molar-refractivity contribution is 8.05. The van der Waals surface area contributed by atoms with Gasteiger partial charge in [0.1, 0.15) is 17.3 Å². The Bertz CT molecular complexity index is 1320. The van der Waals surface area contributed by atoms with Crippen molar-refractivity contribution in [2.24, 2.45) is 5.92 Å². The highest BCUT2D eigenvalue weighted by atomic mass is 32.2. The average Bonchev–Trinajstić information content (AvgIpc) is 3.49. The van der Waals surface area contributed by atoms with Gasteiger partial charge in [0.2, 0.25) is 0 Å². The van der Waals surface area contributed by atoms with E-state index in [0.29, 0.717) is 33.7 Å². The van der Waals surface area contributed by atoms with Crippen molar-refractivity contribution < 1.29 is 18.9 Å². The molecule has 2 aliphatic rings. The number of furan rings is 1. The molecule has 3 aromatic rings. The molecule has 1 saturated carbocycles. The van der Waals surface area contributed by atoms with Crippen LogP contribution in [0.1, 0.15) is 38.4 Å². The molecular weight excluding hydrogens is 490 g/mol. The first-order chi connectivity index (χ1) is 17.9. The number of ether oxygens (including phenoxy) is 1. The summed E-state index contributed by atoms with van der Waals surface area (Å²) >= 11 is 1.47. The van der Waals surface area contributed by atoms with E-state index in [9.17, 15) is 14.9 Å². The molecule has 9 heteroatoms. The van der Waals surface area contributed by atoms with Crippen LogP contribution in [-0.4, -0.2) is 34.4 Å². The summed E-state index contributed by atoms with van der Waals surface area (Å²) in [6.07, 6.45) is 6.14. The third kappa shape index (κ3) is 5.22. The van der Waals surface area contributed by atoms with Gasteiger partial charge in [0.15, 0.2) is 5.50 Å². The molecule has 2 aromatic carbocycles. The monoisotopic (exact) mass is 519 g/mol. The summed E-state index contributed by atoms with van der Waals surface area (Å²) in [6.45, 7) is 2.23. The fourth-order valence-electron chi connectivity index (χ4n) is 5.07. The maximum absolute atomic E-state index is 13.7. The van der Waals surface area contributed by atoms with Crippen molar-refractivity contribution in [3.05, 3.63) is 81.4 Å². The number of hydrogen-bond donors (Lipinski definition) is 1. The van der Waals surface area contributed by atoms with E-state index in [1.54, 1.807) is 30.3 Å². The molecule has 1 aliphatic heterocycles. The van der Waals surface area contributed by atoms with Gasteiger partial charge >= 0.3 is 0 Å². The molecule has 0 spiro atoms. The molecule has 3 atom stereocenters. The van der Waals surface area contributed by atoms with E-state index in [0.717, 1.165) is 24.9 Å². The van der Waals surface area contributed by atoms with Crippen LogP contribution in [0.15, 0.2) is 70.0 Å². The van der Waals surface area contributed by atoms with Crippen LogP contribution in [-0.2, 0) is 4.79 Å². The fraction of sp³-hybridized carbons (Fsp3) is 0.321. The summed E-state index contributed by atoms with van der Waals surface area (Å²) in [7, 11) is 1.46. The molecule has 2 heterocycles. The number of nitrogens with one attached hydrogen (secondary N) is 1. The second-order valence-electron chi connectivity index (χ2n) is 9.37. The summed E-state index contributed by atoms with van der Waals surface area (Å²) in [6, 6.07) is 18.1. The number of amides is 1. The number of thioether (sulfide) groups is 1. The number of anilines is 1. The number of nitro groups is 1. The first-order valence-corrected chi connectivity index (χ1v) is 13.3. The minimum absolute atomic E-state index is 0.0226. The normalized spacial score (nSPS) is 22.9. The Morgan fingerprint density at radius 1 is 1.14 bits per heavy atom. The lowest BCUT2D eigenvalue weighted by Crippen LogP contribution is -2.48. The molecule has 8 nitrogen and oxygen atoms in total. The fourth-order valence-corrected chi connectivity index (χ4v) is 6.26. The van der Waals surface area contributed by atoms with Gasteiger partial charge in [-0.1, -0.05) is 49.7 Å². The summed E-state index contributed by atoms with van der Waals surface area (Å²) in [5.74, 6) is 1.61. The molecule has 1 aromatic heterocycles. The van der Waals surface area contributed by atoms with Crippen LogP contribution >= 0.6 is 11.8 Å². The van der Waals surface area contributed by atoms with E-state index in [1.807, 2.05) is 35.2 Å². The van der Waals surface area contributed by atoms with E-state index in [4.69, 9.17) is 9.15 Å². The predicted octanol–water partition coefficient (Wildman–Crippen LogP) is 6.75. The van der Waals surface area contributed by atoms with Crippen molar-refractivity contribution in [3.8, 4) is 17.1 Å². The topological polar surface area (TPSA) is 97.8 Å². The van der Waals surface area contributed by atoms with Gasteiger partial charge in [-0.25, -0.2) is 0 Å². The van der Waals surface area contributed by atoms with Crippen molar-refractivity contribution in [3.63, 3.8) is 0 Å². The minimum Gasteiger partial charge on any atom is -0.497 e. The number of rotatable bonds is 7. The Morgan fingerprint density at radius 3 is 2.65 bits per heavy atom. The lowest BCUT2D eigenvalue weighted by atomic mass is 9.85. The standard InChI is InChI=1S/C28H29N3O5S/c1-18-8-6-7-11-23(18)30-27(32)26(37-28(30)29-19-9-4-3-5-10-19)17-21-13-15-25(36-21)22-14-12-20(35-2)16-24(22)31(33)34/h3-5,9-10,12-18,23,28-29H,6-8,11H2,1-2H3/b26-17-/t18-,23+,28?/m1/s1. The zero-order valence-electron chi connectivity index (χ0n) is 20.8. The highest BCUT2D eigenvalue weighted by Crippen LogP contribution is 2.43. The van der Waals surface area contributed by atoms with Crippen molar-refractivity contribution in [2.45, 2.75) is 44.1 Å². The number of carbonyl (C=O) groups is 1. The van der Waals surface area contributed by atoms with Gasteiger partial charge in [0.05, 0.1) is 28.6 Å². The molecule has 192 valence electrons. The minimum atomic E-state index is -0.460. The van der Waals surface area contributed by atoms with E-state index >= 15 is 0 Å². The number of methoxy groups -OCH3 is 1. The van der Waals surface area contributed by atoms with Crippen LogP contribution in [0.2, 0.25) is 0 Å². The van der Waals surface area contributed by atoms with Gasteiger partial charge in [-0.05, 0) is 55.2 Å². The van der Waals surface area contributed by atoms with Crippen LogP contribution in [0.5, 0.6) is 5.75 Å². The summed E-state index contributed by atoms with van der Waals surface area (Å²) in [4.78, 5) is 27.4. The molecular formula is C28H29N3O5S. The average molecular weight is 520 g/mol. The van der Waals surface area contributed by atoms with Crippen LogP contribution in [0.3, 0.4) is 0 Å². The Kier molecular flexibility index (Phi) is 7.23. The van der Waals surface area contributed by atoms with E-state index in [-0.39, 0.29) is 23.1 Å². The third-order valence-corrected chi connectivity index (χ3v) is 8.11. The second kappa shape index (κ2) is 10.7. The number of hydrogen-bond acceptors (Lipinski definition) is 7. The maximum atomic E-state index is 13.7. The second-order valence-corrected chi connectivity index (χ2v) is 10.5. The molecule has 0 bridgehead atoms. The molecule has 1 saturated heterocycles. The van der Waals surface area contributed by atoms with Gasteiger partial charge in [-0.2, -0.15) is 0 Å². The van der Waals surface area contributed by atoms with Crippen LogP contribution in [0.25, 0.3) is 17.4 Å². The lowest BCUT2D eigenvalue weighted by molar-refractivity contribution is -0.384. The van der Waals surface area contributed by atoms with Crippen molar-refractivity contribution in [2.75, 3.05) is 12.4 Å². The van der Waals surface area contributed by atoms with E-state index in [2.05, 4.69) is 12.2 Å². The first kappa shape index (κ1) is 25.0. The van der Waals surface area contributed by atoms with E-state index < -0.39 is 4.92 Å². The summed E-state index contributed by atoms with van der Waals surface area (Å²) in [5, 5.41) is 15.2. The van der Waals surface area contributed by atoms with Gasteiger partial charge in [-0.3, -0.25) is 14.9 Å². The van der Waals surface area contributed by atoms with Gasteiger partial charge < -0.3 is 19.4 Å². The van der Waals surface area contributed by atoms with Crippen molar-refractivity contribution in [1.82, 2.24) is 4.90 Å². The number of carbonyl (C=O) groups excluding carboxylic acids is 1. The van der Waals surface area contributed by atoms with Crippen LogP contribution < -0.4 is 10.1 Å².